The van der Waals surface area contributed by atoms with Crippen LogP contribution in [0.4, 0.5) is 17.6 Å². The van der Waals surface area contributed by atoms with Crippen LogP contribution in [-0.4, -0.2) is 34.9 Å². The van der Waals surface area contributed by atoms with E-state index in [-0.39, 0.29) is 11.5 Å². The Balaban J connectivity index is 0. The van der Waals surface area contributed by atoms with E-state index < -0.39 is 12.9 Å². The van der Waals surface area contributed by atoms with Crippen LogP contribution in [0.3, 0.4) is 0 Å². The van der Waals surface area contributed by atoms with Crippen molar-refractivity contribution in [3.63, 3.8) is 0 Å². The summed E-state index contributed by atoms with van der Waals surface area (Å²) >= 11 is 2.58. The van der Waals surface area contributed by atoms with E-state index in [1.807, 2.05) is 27.7 Å². The highest BCUT2D eigenvalue weighted by atomic mass is 32.2. The standard InChI is InChI=1S/2C5H10F2S/c2*1-4(2)8-3-5(6)7/h2*4-5H,3H2,1-2H3. The lowest BCUT2D eigenvalue weighted by atomic mass is 10.6. The Kier molecular flexibility index (Phi) is 14.0. The van der Waals surface area contributed by atoms with E-state index in [9.17, 15) is 17.6 Å². The van der Waals surface area contributed by atoms with Gasteiger partial charge in [0, 0.05) is 0 Å². The van der Waals surface area contributed by atoms with Gasteiger partial charge >= 0.3 is 0 Å². The molecule has 6 heteroatoms. The third-order valence-electron chi connectivity index (χ3n) is 1.11. The summed E-state index contributed by atoms with van der Waals surface area (Å²) in [5.41, 5.74) is 0. The molecule has 16 heavy (non-hydrogen) atoms. The predicted molar refractivity (Wildman–Crippen MR) is 67.2 cm³/mol. The number of hydrogen-bond donors (Lipinski definition) is 0. The quantitative estimate of drug-likeness (QED) is 0.642. The van der Waals surface area contributed by atoms with E-state index in [0.29, 0.717) is 10.5 Å². The summed E-state index contributed by atoms with van der Waals surface area (Å²) in [6.45, 7) is 7.64. The zero-order valence-corrected chi connectivity index (χ0v) is 11.7. The maximum Gasteiger partial charge on any atom is 0.247 e. The normalized spacial score (nSPS) is 11.2. The molecule has 0 unspecified atom stereocenters. The number of thioether (sulfide) groups is 2. The van der Waals surface area contributed by atoms with Crippen molar-refractivity contribution in [1.82, 2.24) is 0 Å². The predicted octanol–water partition coefficient (Wildman–Crippen LogP) is 4.79. The number of halogens is 4. The molecule has 0 saturated heterocycles. The molecular formula is C10H20F4S2. The highest BCUT2D eigenvalue weighted by Gasteiger charge is 2.03. The molecule has 0 aromatic heterocycles. The molecule has 0 spiro atoms. The highest BCUT2D eigenvalue weighted by molar-refractivity contribution is 8.00. The lowest BCUT2D eigenvalue weighted by Crippen LogP contribution is -1.98. The van der Waals surface area contributed by atoms with Crippen molar-refractivity contribution >= 4 is 23.5 Å². The lowest BCUT2D eigenvalue weighted by molar-refractivity contribution is 0.176. The molecule has 0 amide bonds. The van der Waals surface area contributed by atoms with Crippen molar-refractivity contribution in [3.8, 4) is 0 Å². The molecule has 0 rings (SSSR count). The molecule has 0 aromatic rings. The van der Waals surface area contributed by atoms with E-state index >= 15 is 0 Å². The fraction of sp³-hybridized carbons (Fsp3) is 1.00. The largest absolute Gasteiger partial charge is 0.247 e. The van der Waals surface area contributed by atoms with Gasteiger partial charge in [-0.3, -0.25) is 0 Å². The molecule has 0 radical (unpaired) electrons. The number of hydrogen-bond acceptors (Lipinski definition) is 2. The molecule has 0 aliphatic rings. The van der Waals surface area contributed by atoms with Crippen molar-refractivity contribution in [2.24, 2.45) is 0 Å². The monoisotopic (exact) mass is 280 g/mol. The third kappa shape index (κ3) is 23.9. The Morgan fingerprint density at radius 2 is 0.938 bits per heavy atom. The van der Waals surface area contributed by atoms with Crippen LogP contribution in [0.5, 0.6) is 0 Å². The summed E-state index contributed by atoms with van der Waals surface area (Å²) in [5, 5.41) is 0.646. The van der Waals surface area contributed by atoms with Crippen LogP contribution >= 0.6 is 23.5 Å². The molecule has 100 valence electrons. The summed E-state index contributed by atoms with van der Waals surface area (Å²) in [7, 11) is 0. The van der Waals surface area contributed by atoms with Gasteiger partial charge in [-0.2, -0.15) is 23.5 Å². The molecule has 0 nitrogen and oxygen atoms in total. The Morgan fingerprint density at radius 1 is 0.688 bits per heavy atom. The van der Waals surface area contributed by atoms with Crippen molar-refractivity contribution in [2.75, 3.05) is 11.5 Å². The Morgan fingerprint density at radius 3 is 1.00 bits per heavy atom. The van der Waals surface area contributed by atoms with Crippen molar-refractivity contribution in [1.29, 1.82) is 0 Å². The van der Waals surface area contributed by atoms with Crippen LogP contribution in [0.2, 0.25) is 0 Å². The highest BCUT2D eigenvalue weighted by Crippen LogP contribution is 2.12. The second kappa shape index (κ2) is 11.9. The Bertz CT molecular complexity index is 109. The van der Waals surface area contributed by atoms with Crippen LogP contribution < -0.4 is 0 Å². The van der Waals surface area contributed by atoms with Crippen molar-refractivity contribution in [3.05, 3.63) is 0 Å². The molecule has 0 aromatic carbocycles. The maximum absolute atomic E-state index is 11.4. The van der Waals surface area contributed by atoms with Gasteiger partial charge in [-0.15, -0.1) is 0 Å². The summed E-state index contributed by atoms with van der Waals surface area (Å²) < 4.78 is 45.5. The van der Waals surface area contributed by atoms with Crippen LogP contribution in [0, 0.1) is 0 Å². The molecule has 0 atom stereocenters. The molecule has 0 aliphatic heterocycles. The zero-order chi connectivity index (χ0) is 13.1. The summed E-state index contributed by atoms with van der Waals surface area (Å²) in [5.74, 6) is -0.0602. The van der Waals surface area contributed by atoms with Gasteiger partial charge in [0.15, 0.2) is 0 Å². The van der Waals surface area contributed by atoms with E-state index in [1.54, 1.807) is 0 Å². The average molecular weight is 280 g/mol. The first-order valence-electron chi connectivity index (χ1n) is 5.05. The van der Waals surface area contributed by atoms with Gasteiger partial charge in [0.1, 0.15) is 0 Å². The molecule has 0 bridgehead atoms. The summed E-state index contributed by atoms with van der Waals surface area (Å²) in [6.07, 6.45) is -4.30. The van der Waals surface area contributed by atoms with Crippen molar-refractivity contribution in [2.45, 2.75) is 51.0 Å². The Hall–Kier alpha value is 0.420. The smallest absolute Gasteiger partial charge is 0.210 e. The first-order chi connectivity index (χ1) is 7.25. The minimum absolute atomic E-state index is 0.0301. The fourth-order valence-electron chi connectivity index (χ4n) is 0.530. The van der Waals surface area contributed by atoms with Crippen LogP contribution in [0.15, 0.2) is 0 Å². The number of alkyl halides is 4. The Labute approximate surface area is 104 Å². The fourth-order valence-corrected chi connectivity index (χ4v) is 1.59. The molecule has 0 fully saturated rings. The molecule has 0 heterocycles. The van der Waals surface area contributed by atoms with Gasteiger partial charge in [-0.1, -0.05) is 27.7 Å². The average Bonchev–Trinajstić information content (AvgIpc) is 2.12. The topological polar surface area (TPSA) is 0 Å². The molecule has 0 aliphatic carbocycles. The first-order valence-corrected chi connectivity index (χ1v) is 7.15. The maximum atomic E-state index is 11.4. The van der Waals surface area contributed by atoms with E-state index in [1.165, 1.54) is 23.5 Å². The minimum atomic E-state index is -2.15. The summed E-state index contributed by atoms with van der Waals surface area (Å²) in [6, 6.07) is 0. The van der Waals surface area contributed by atoms with Gasteiger partial charge in [0.05, 0.1) is 11.5 Å². The second-order valence-corrected chi connectivity index (χ2v) is 6.77. The van der Waals surface area contributed by atoms with E-state index in [4.69, 9.17) is 0 Å². The number of rotatable bonds is 6. The summed E-state index contributed by atoms with van der Waals surface area (Å²) in [4.78, 5) is 0. The van der Waals surface area contributed by atoms with Gasteiger partial charge in [0.2, 0.25) is 12.9 Å². The zero-order valence-electron chi connectivity index (χ0n) is 10.1. The van der Waals surface area contributed by atoms with Crippen molar-refractivity contribution < 1.29 is 17.6 Å². The van der Waals surface area contributed by atoms with Crippen LogP contribution in [0.1, 0.15) is 27.7 Å². The SMILES string of the molecule is CC(C)SCC(F)F.CC(C)SCC(F)F. The van der Waals surface area contributed by atoms with Gasteiger partial charge in [-0.25, -0.2) is 17.6 Å². The first kappa shape index (κ1) is 18.8. The lowest BCUT2D eigenvalue weighted by Gasteiger charge is -2.01. The molecule has 0 saturated carbocycles. The van der Waals surface area contributed by atoms with Crippen LogP contribution in [0.25, 0.3) is 0 Å². The van der Waals surface area contributed by atoms with E-state index in [2.05, 4.69) is 0 Å². The van der Waals surface area contributed by atoms with Crippen LogP contribution in [-0.2, 0) is 0 Å². The minimum Gasteiger partial charge on any atom is -0.210 e. The van der Waals surface area contributed by atoms with Gasteiger partial charge in [0.25, 0.3) is 0 Å². The second-order valence-electron chi connectivity index (χ2n) is 3.55. The van der Waals surface area contributed by atoms with Gasteiger partial charge < -0.3 is 0 Å². The van der Waals surface area contributed by atoms with Gasteiger partial charge in [-0.05, 0) is 10.5 Å². The third-order valence-corrected chi connectivity index (χ3v) is 3.33. The molecular weight excluding hydrogens is 260 g/mol. The van der Waals surface area contributed by atoms with E-state index in [0.717, 1.165) is 0 Å². The molecule has 0 N–H and O–H groups in total.